The molecule has 162 valence electrons. The molecule has 1 aromatic heterocycles. The van der Waals surface area contributed by atoms with Crippen LogP contribution in [-0.4, -0.2) is 36.8 Å². The minimum absolute atomic E-state index is 0.0958. The SMILES string of the molecule is CC[C@H](NC(=O)Cn1cc(C(=O)OC)c2ccccc21)c1ccc2c(c1)OCCCO2. The second kappa shape index (κ2) is 9.12. The van der Waals surface area contributed by atoms with E-state index >= 15 is 0 Å². The van der Waals surface area contributed by atoms with Crippen LogP contribution < -0.4 is 14.8 Å². The third-order valence-electron chi connectivity index (χ3n) is 5.43. The molecule has 0 fully saturated rings. The Morgan fingerprint density at radius 2 is 1.90 bits per heavy atom. The minimum atomic E-state index is -0.422. The molecule has 0 saturated heterocycles. The van der Waals surface area contributed by atoms with Crippen LogP contribution in [0.2, 0.25) is 0 Å². The molecule has 0 unspecified atom stereocenters. The minimum Gasteiger partial charge on any atom is -0.490 e. The molecule has 1 N–H and O–H groups in total. The summed E-state index contributed by atoms with van der Waals surface area (Å²) in [6, 6.07) is 13.1. The number of nitrogens with zero attached hydrogens (tertiary/aromatic N) is 1. The quantitative estimate of drug-likeness (QED) is 0.611. The fraction of sp³-hybridized carbons (Fsp3) is 0.333. The fourth-order valence-electron chi connectivity index (χ4n) is 3.86. The molecule has 0 aliphatic carbocycles. The molecule has 7 nitrogen and oxygen atoms in total. The van der Waals surface area contributed by atoms with Gasteiger partial charge >= 0.3 is 5.97 Å². The van der Waals surface area contributed by atoms with Crippen LogP contribution in [0, 0.1) is 0 Å². The van der Waals surface area contributed by atoms with E-state index < -0.39 is 5.97 Å². The molecule has 0 radical (unpaired) electrons. The molecular formula is C24H26N2O5. The van der Waals surface area contributed by atoms with Gasteiger partial charge in [0.25, 0.3) is 0 Å². The maximum Gasteiger partial charge on any atom is 0.340 e. The van der Waals surface area contributed by atoms with Gasteiger partial charge in [0.15, 0.2) is 11.5 Å². The number of rotatable bonds is 6. The van der Waals surface area contributed by atoms with Gasteiger partial charge in [-0.2, -0.15) is 0 Å². The van der Waals surface area contributed by atoms with Gasteiger partial charge in [-0.15, -0.1) is 0 Å². The first-order valence-electron chi connectivity index (χ1n) is 10.5. The van der Waals surface area contributed by atoms with Crippen molar-refractivity contribution >= 4 is 22.8 Å². The van der Waals surface area contributed by atoms with E-state index in [0.29, 0.717) is 24.5 Å². The Morgan fingerprint density at radius 1 is 1.13 bits per heavy atom. The molecule has 7 heteroatoms. The third kappa shape index (κ3) is 4.35. The first-order valence-corrected chi connectivity index (χ1v) is 10.5. The van der Waals surface area contributed by atoms with Crippen molar-refractivity contribution in [3.8, 4) is 11.5 Å². The monoisotopic (exact) mass is 422 g/mol. The largest absolute Gasteiger partial charge is 0.490 e. The van der Waals surface area contributed by atoms with Crippen LogP contribution in [-0.2, 0) is 16.1 Å². The number of nitrogens with one attached hydrogen (secondary N) is 1. The van der Waals surface area contributed by atoms with Gasteiger partial charge in [-0.3, -0.25) is 4.79 Å². The first kappa shape index (κ1) is 20.8. The van der Waals surface area contributed by atoms with E-state index in [4.69, 9.17) is 14.2 Å². The van der Waals surface area contributed by atoms with Crippen LogP contribution in [0.1, 0.15) is 41.7 Å². The van der Waals surface area contributed by atoms with E-state index in [1.807, 2.05) is 49.4 Å². The van der Waals surface area contributed by atoms with E-state index in [2.05, 4.69) is 5.32 Å². The van der Waals surface area contributed by atoms with E-state index in [9.17, 15) is 9.59 Å². The summed E-state index contributed by atoms with van der Waals surface area (Å²) in [5.41, 5.74) is 2.22. The van der Waals surface area contributed by atoms with Crippen molar-refractivity contribution in [1.82, 2.24) is 9.88 Å². The highest BCUT2D eigenvalue weighted by Crippen LogP contribution is 2.33. The van der Waals surface area contributed by atoms with Crippen LogP contribution in [0.4, 0.5) is 0 Å². The lowest BCUT2D eigenvalue weighted by Crippen LogP contribution is -2.31. The molecule has 1 amide bonds. The van der Waals surface area contributed by atoms with Gasteiger partial charge in [0.05, 0.1) is 31.9 Å². The molecule has 4 rings (SSSR count). The van der Waals surface area contributed by atoms with Crippen molar-refractivity contribution in [3.05, 3.63) is 59.8 Å². The average Bonchev–Trinajstić information content (AvgIpc) is 2.98. The van der Waals surface area contributed by atoms with Crippen LogP contribution in [0.3, 0.4) is 0 Å². The van der Waals surface area contributed by atoms with E-state index in [0.717, 1.165) is 35.1 Å². The molecule has 2 aromatic carbocycles. The predicted octanol–water partition coefficient (Wildman–Crippen LogP) is 3.86. The molecule has 3 aromatic rings. The number of esters is 1. The molecule has 2 heterocycles. The van der Waals surface area contributed by atoms with E-state index in [1.165, 1.54) is 7.11 Å². The van der Waals surface area contributed by atoms with Gasteiger partial charge in [-0.05, 0) is 30.2 Å². The number of hydrogen-bond acceptors (Lipinski definition) is 5. The Hall–Kier alpha value is -3.48. The van der Waals surface area contributed by atoms with Crippen LogP contribution in [0.5, 0.6) is 11.5 Å². The highest BCUT2D eigenvalue weighted by atomic mass is 16.5. The third-order valence-corrected chi connectivity index (χ3v) is 5.43. The van der Waals surface area contributed by atoms with E-state index in [1.54, 1.807) is 10.8 Å². The Morgan fingerprint density at radius 3 is 2.68 bits per heavy atom. The summed E-state index contributed by atoms with van der Waals surface area (Å²) < 4.78 is 18.1. The molecule has 0 bridgehead atoms. The Balaban J connectivity index is 1.53. The number of carbonyl (C=O) groups excluding carboxylic acids is 2. The number of fused-ring (bicyclic) bond motifs is 2. The maximum absolute atomic E-state index is 12.9. The van der Waals surface area contributed by atoms with Crippen molar-refractivity contribution in [3.63, 3.8) is 0 Å². The van der Waals surface area contributed by atoms with Crippen molar-refractivity contribution in [2.75, 3.05) is 20.3 Å². The van der Waals surface area contributed by atoms with Crippen molar-refractivity contribution in [2.24, 2.45) is 0 Å². The molecule has 0 spiro atoms. The van der Waals surface area contributed by atoms with Crippen molar-refractivity contribution in [2.45, 2.75) is 32.4 Å². The zero-order chi connectivity index (χ0) is 21.8. The van der Waals surface area contributed by atoms with Crippen LogP contribution in [0.25, 0.3) is 10.9 Å². The number of hydrogen-bond donors (Lipinski definition) is 1. The van der Waals surface area contributed by atoms with Crippen molar-refractivity contribution in [1.29, 1.82) is 0 Å². The highest BCUT2D eigenvalue weighted by molar-refractivity contribution is 6.04. The van der Waals surface area contributed by atoms with Crippen molar-refractivity contribution < 1.29 is 23.8 Å². The Bertz CT molecular complexity index is 1100. The number of benzene rings is 2. The summed E-state index contributed by atoms with van der Waals surface area (Å²) in [4.78, 5) is 25.0. The molecule has 0 saturated carbocycles. The standard InChI is InChI=1S/C24H26N2O5/c1-3-19(16-9-10-21-22(13-16)31-12-6-11-30-21)25-23(27)15-26-14-18(24(28)29-2)17-7-4-5-8-20(17)26/h4-5,7-10,13-14,19H,3,6,11-12,15H2,1-2H3,(H,25,27)/t19-/m0/s1. The van der Waals surface area contributed by atoms with E-state index in [-0.39, 0.29) is 18.5 Å². The number of ether oxygens (including phenoxy) is 3. The molecule has 31 heavy (non-hydrogen) atoms. The van der Waals surface area contributed by atoms with Gasteiger partial charge in [-0.25, -0.2) is 4.79 Å². The number of amides is 1. The topological polar surface area (TPSA) is 78.8 Å². The summed E-state index contributed by atoms with van der Waals surface area (Å²) in [5, 5.41) is 3.86. The normalized spacial score (nSPS) is 14.0. The second-order valence-corrected chi connectivity index (χ2v) is 7.46. The lowest BCUT2D eigenvalue weighted by Gasteiger charge is -2.19. The molecule has 1 aliphatic heterocycles. The smallest absolute Gasteiger partial charge is 0.340 e. The van der Waals surface area contributed by atoms with Crippen LogP contribution >= 0.6 is 0 Å². The summed E-state index contributed by atoms with van der Waals surface area (Å²) >= 11 is 0. The zero-order valence-corrected chi connectivity index (χ0v) is 17.7. The fourth-order valence-corrected chi connectivity index (χ4v) is 3.86. The lowest BCUT2D eigenvalue weighted by atomic mass is 10.0. The summed E-state index contributed by atoms with van der Waals surface area (Å²) in [6.45, 7) is 3.37. The maximum atomic E-state index is 12.9. The first-order chi connectivity index (χ1) is 15.1. The van der Waals surface area contributed by atoms with Gasteiger partial charge in [0.2, 0.25) is 5.91 Å². The summed E-state index contributed by atoms with van der Waals surface area (Å²) in [6.07, 6.45) is 3.24. The second-order valence-electron chi connectivity index (χ2n) is 7.46. The highest BCUT2D eigenvalue weighted by Gasteiger charge is 2.20. The van der Waals surface area contributed by atoms with Gasteiger partial charge in [-0.1, -0.05) is 31.2 Å². The molecule has 1 atom stereocenters. The number of methoxy groups -OCH3 is 1. The number of para-hydroxylation sites is 1. The number of carbonyl (C=O) groups is 2. The number of aromatic nitrogens is 1. The zero-order valence-electron chi connectivity index (χ0n) is 17.7. The summed E-state index contributed by atoms with van der Waals surface area (Å²) in [5.74, 6) is 0.878. The molecule has 1 aliphatic rings. The molecular weight excluding hydrogens is 396 g/mol. The lowest BCUT2D eigenvalue weighted by molar-refractivity contribution is -0.122. The Kier molecular flexibility index (Phi) is 6.11. The Labute approximate surface area is 180 Å². The van der Waals surface area contributed by atoms with Crippen LogP contribution in [0.15, 0.2) is 48.7 Å². The van der Waals surface area contributed by atoms with Gasteiger partial charge in [0, 0.05) is 23.5 Å². The van der Waals surface area contributed by atoms with Gasteiger partial charge in [0.1, 0.15) is 6.54 Å². The average molecular weight is 422 g/mol. The predicted molar refractivity (Wildman–Crippen MR) is 117 cm³/mol. The van der Waals surface area contributed by atoms with Gasteiger partial charge < -0.3 is 24.1 Å². The summed E-state index contributed by atoms with van der Waals surface area (Å²) in [7, 11) is 1.35.